The normalized spacial score (nSPS) is 12.9. The lowest BCUT2D eigenvalue weighted by atomic mass is 10.0. The van der Waals surface area contributed by atoms with Gasteiger partial charge in [-0.15, -0.1) is 0 Å². The second-order valence-electron chi connectivity index (χ2n) is 9.53. The number of primary amides is 1. The number of alkyl carbamates (subject to hydrolysis) is 1. The lowest BCUT2D eigenvalue weighted by Crippen LogP contribution is -2.58. The fraction of sp³-hybridized carbons (Fsp3) is 0.385. The quantitative estimate of drug-likeness (QED) is 0.511. The molecule has 2 aromatic rings. The van der Waals surface area contributed by atoms with Crippen LogP contribution >= 0.6 is 11.6 Å². The van der Waals surface area contributed by atoms with Crippen molar-refractivity contribution in [3.8, 4) is 0 Å². The number of rotatable bonds is 8. The van der Waals surface area contributed by atoms with Crippen LogP contribution in [0.5, 0.6) is 0 Å². The minimum Gasteiger partial charge on any atom is -0.444 e. The van der Waals surface area contributed by atoms with Crippen LogP contribution in [0.1, 0.15) is 50.5 Å². The number of benzene rings is 2. The van der Waals surface area contributed by atoms with Crippen molar-refractivity contribution in [1.82, 2.24) is 10.4 Å². The van der Waals surface area contributed by atoms with Crippen LogP contribution in [0.4, 0.5) is 4.79 Å². The summed E-state index contributed by atoms with van der Waals surface area (Å²) >= 11 is 5.90. The van der Waals surface area contributed by atoms with Crippen LogP contribution in [0.25, 0.3) is 0 Å². The van der Waals surface area contributed by atoms with E-state index in [1.54, 1.807) is 65.0 Å². The number of hydrogen-bond donors (Lipinski definition) is 2. The molecule has 36 heavy (non-hydrogen) atoms. The second-order valence-corrected chi connectivity index (χ2v) is 9.96. The predicted molar refractivity (Wildman–Crippen MR) is 135 cm³/mol. The maximum absolute atomic E-state index is 13.7. The van der Waals surface area contributed by atoms with Gasteiger partial charge in [0.2, 0.25) is 5.91 Å². The Morgan fingerprint density at radius 1 is 1.00 bits per heavy atom. The molecule has 0 saturated heterocycles. The lowest BCUT2D eigenvalue weighted by molar-refractivity contribution is -0.183. The van der Waals surface area contributed by atoms with E-state index in [1.807, 2.05) is 0 Å². The average molecular weight is 518 g/mol. The van der Waals surface area contributed by atoms with Gasteiger partial charge in [-0.1, -0.05) is 55.8 Å². The summed E-state index contributed by atoms with van der Waals surface area (Å²) < 4.78 is 5.28. The zero-order valence-corrected chi connectivity index (χ0v) is 21.7. The highest BCUT2D eigenvalue weighted by Crippen LogP contribution is 2.18. The van der Waals surface area contributed by atoms with Crippen LogP contribution in [-0.2, 0) is 25.6 Å². The van der Waals surface area contributed by atoms with Crippen molar-refractivity contribution in [2.45, 2.75) is 58.7 Å². The van der Waals surface area contributed by atoms with Crippen molar-refractivity contribution in [2.75, 3.05) is 0 Å². The van der Waals surface area contributed by atoms with Gasteiger partial charge < -0.3 is 20.6 Å². The third kappa shape index (κ3) is 8.57. The average Bonchev–Trinajstić information content (AvgIpc) is 2.78. The van der Waals surface area contributed by atoms with Gasteiger partial charge in [-0.2, -0.15) is 5.06 Å². The summed E-state index contributed by atoms with van der Waals surface area (Å²) in [6.07, 6.45) is -0.857. The largest absolute Gasteiger partial charge is 0.444 e. The van der Waals surface area contributed by atoms with Crippen molar-refractivity contribution in [3.63, 3.8) is 0 Å². The maximum Gasteiger partial charge on any atom is 0.408 e. The molecule has 0 radical (unpaired) electrons. The molecule has 0 heterocycles. The van der Waals surface area contributed by atoms with Crippen molar-refractivity contribution in [1.29, 1.82) is 0 Å². The number of nitrogens with one attached hydrogen (secondary N) is 1. The number of carbonyl (C=O) groups excluding carboxylic acids is 4. The fourth-order valence-electron chi connectivity index (χ4n) is 3.21. The van der Waals surface area contributed by atoms with Gasteiger partial charge in [0, 0.05) is 11.4 Å². The molecule has 3 amide bonds. The SMILES string of the molecule is CC(C)[C@H](NC(=O)OC(C)(C)C)C(=O)N(OC(=O)c1ccc(Cl)cc1)[C@@H](Cc1ccccc1)C(N)=O. The summed E-state index contributed by atoms with van der Waals surface area (Å²) in [6, 6.07) is 12.1. The van der Waals surface area contributed by atoms with E-state index >= 15 is 0 Å². The van der Waals surface area contributed by atoms with Gasteiger partial charge in [-0.25, -0.2) is 9.59 Å². The minimum atomic E-state index is -1.35. The molecule has 0 fully saturated rings. The molecule has 10 heteroatoms. The van der Waals surface area contributed by atoms with Gasteiger partial charge in [0.05, 0.1) is 5.56 Å². The molecule has 0 saturated carbocycles. The molecule has 0 spiro atoms. The summed E-state index contributed by atoms with van der Waals surface area (Å²) in [7, 11) is 0. The summed E-state index contributed by atoms with van der Waals surface area (Å²) in [5.74, 6) is -3.08. The van der Waals surface area contributed by atoms with Crippen LogP contribution in [0, 0.1) is 5.92 Å². The minimum absolute atomic E-state index is 0.0208. The molecule has 0 aliphatic carbocycles. The van der Waals surface area contributed by atoms with E-state index in [2.05, 4.69) is 5.32 Å². The molecule has 0 aliphatic rings. The monoisotopic (exact) mass is 517 g/mol. The topological polar surface area (TPSA) is 128 Å². The van der Waals surface area contributed by atoms with Crippen LogP contribution in [0.3, 0.4) is 0 Å². The van der Waals surface area contributed by atoms with E-state index < -0.39 is 47.5 Å². The molecule has 0 aliphatic heterocycles. The Morgan fingerprint density at radius 2 is 1.58 bits per heavy atom. The highest BCUT2D eigenvalue weighted by atomic mass is 35.5. The predicted octanol–water partition coefficient (Wildman–Crippen LogP) is 3.89. The van der Waals surface area contributed by atoms with Gasteiger partial charge in [-0.05, 0) is 56.5 Å². The highest BCUT2D eigenvalue weighted by Gasteiger charge is 2.39. The van der Waals surface area contributed by atoms with Crippen LogP contribution in [0.2, 0.25) is 5.02 Å². The number of carbonyl (C=O) groups is 4. The van der Waals surface area contributed by atoms with Crippen LogP contribution < -0.4 is 11.1 Å². The molecule has 3 N–H and O–H groups in total. The summed E-state index contributed by atoms with van der Waals surface area (Å²) in [4.78, 5) is 57.1. The molecule has 2 aromatic carbocycles. The van der Waals surface area contributed by atoms with E-state index in [1.165, 1.54) is 24.3 Å². The highest BCUT2D eigenvalue weighted by molar-refractivity contribution is 6.30. The van der Waals surface area contributed by atoms with Gasteiger partial charge >= 0.3 is 12.1 Å². The van der Waals surface area contributed by atoms with Crippen molar-refractivity contribution < 1.29 is 28.8 Å². The van der Waals surface area contributed by atoms with Gasteiger partial charge in [0.1, 0.15) is 11.6 Å². The Hall–Kier alpha value is -3.59. The number of nitrogens with zero attached hydrogens (tertiary/aromatic N) is 1. The summed E-state index contributed by atoms with van der Waals surface area (Å²) in [5.41, 5.74) is 5.64. The molecular weight excluding hydrogens is 486 g/mol. The number of nitrogens with two attached hydrogens (primary N) is 1. The maximum atomic E-state index is 13.7. The van der Waals surface area contributed by atoms with Crippen molar-refractivity contribution in [2.24, 2.45) is 11.7 Å². The van der Waals surface area contributed by atoms with Gasteiger partial charge in [0.15, 0.2) is 6.04 Å². The van der Waals surface area contributed by atoms with Crippen molar-refractivity contribution >= 4 is 35.5 Å². The van der Waals surface area contributed by atoms with Crippen molar-refractivity contribution in [3.05, 3.63) is 70.7 Å². The standard InChI is InChI=1S/C26H32ClN3O6/c1-16(2)21(29-25(34)35-26(3,4)5)23(32)30(36-24(33)18-11-13-19(27)14-12-18)20(22(28)31)15-17-9-7-6-8-10-17/h6-14,16,20-21H,15H2,1-5H3,(H2,28,31)(H,29,34)/t20-,21-/m0/s1. The van der Waals surface area contributed by atoms with E-state index in [-0.39, 0.29) is 12.0 Å². The molecular formula is C26H32ClN3O6. The van der Waals surface area contributed by atoms with E-state index in [0.29, 0.717) is 15.6 Å². The molecule has 0 unspecified atom stereocenters. The Balaban J connectivity index is 2.43. The number of amides is 3. The zero-order valence-electron chi connectivity index (χ0n) is 21.0. The van der Waals surface area contributed by atoms with E-state index in [0.717, 1.165) is 0 Å². The number of hydroxylamine groups is 2. The third-order valence-electron chi connectivity index (χ3n) is 4.97. The second kappa shape index (κ2) is 12.4. The molecule has 9 nitrogen and oxygen atoms in total. The first-order valence-corrected chi connectivity index (χ1v) is 11.8. The molecule has 2 rings (SSSR count). The van der Waals surface area contributed by atoms with Crippen LogP contribution in [0.15, 0.2) is 54.6 Å². The smallest absolute Gasteiger partial charge is 0.408 e. The number of ether oxygens (including phenoxy) is 1. The Morgan fingerprint density at radius 3 is 2.08 bits per heavy atom. The van der Waals surface area contributed by atoms with Crippen LogP contribution in [-0.4, -0.2) is 46.6 Å². The van der Waals surface area contributed by atoms with E-state index in [4.69, 9.17) is 26.9 Å². The Bertz CT molecular complexity index is 1070. The van der Waals surface area contributed by atoms with E-state index in [9.17, 15) is 19.2 Å². The Kier molecular flexibility index (Phi) is 9.86. The molecule has 2 atom stereocenters. The summed E-state index contributed by atoms with van der Waals surface area (Å²) in [6.45, 7) is 8.43. The zero-order chi connectivity index (χ0) is 27.0. The first kappa shape index (κ1) is 28.6. The first-order valence-electron chi connectivity index (χ1n) is 11.4. The lowest BCUT2D eigenvalue weighted by Gasteiger charge is -2.32. The number of hydrogen-bond acceptors (Lipinski definition) is 6. The summed E-state index contributed by atoms with van der Waals surface area (Å²) in [5, 5.41) is 3.57. The molecule has 194 valence electrons. The van der Waals surface area contributed by atoms with Gasteiger partial charge in [-0.3, -0.25) is 9.59 Å². The number of halogens is 1. The first-order chi connectivity index (χ1) is 16.8. The fourth-order valence-corrected chi connectivity index (χ4v) is 3.34. The van der Waals surface area contributed by atoms with Gasteiger partial charge in [0.25, 0.3) is 5.91 Å². The Labute approximate surface area is 215 Å². The molecule has 0 bridgehead atoms. The molecule has 0 aromatic heterocycles. The third-order valence-corrected chi connectivity index (χ3v) is 5.22.